The van der Waals surface area contributed by atoms with E-state index in [1.165, 1.54) is 6.20 Å². The van der Waals surface area contributed by atoms with Gasteiger partial charge >= 0.3 is 0 Å². The minimum Gasteiger partial charge on any atom is -0.384 e. The number of nitrogens with zero attached hydrogens (tertiary/aromatic N) is 5. The molecule has 1 amide bonds. The van der Waals surface area contributed by atoms with Crippen LogP contribution in [0.5, 0.6) is 0 Å². The normalized spacial score (nSPS) is 13.3. The molecule has 7 heteroatoms. The number of rotatable bonds is 1. The average molecular weight is 283 g/mol. The lowest BCUT2D eigenvalue weighted by molar-refractivity contribution is 0.0707. The van der Waals surface area contributed by atoms with Gasteiger partial charge in [-0.1, -0.05) is 11.8 Å². The Morgan fingerprint density at radius 3 is 3.19 bits per heavy atom. The minimum absolute atomic E-state index is 0.117. The third kappa shape index (κ3) is 2.61. The molecule has 3 rings (SSSR count). The van der Waals surface area contributed by atoms with Crippen LogP contribution in [0.3, 0.4) is 0 Å². The molecule has 0 aliphatic carbocycles. The van der Waals surface area contributed by atoms with Crippen molar-refractivity contribution in [2.45, 2.75) is 13.1 Å². The monoisotopic (exact) mass is 283 g/mol. The summed E-state index contributed by atoms with van der Waals surface area (Å²) in [5.41, 5.74) is 1.00. The fourth-order valence-electron chi connectivity index (χ4n) is 2.23. The van der Waals surface area contributed by atoms with Crippen LogP contribution in [-0.4, -0.2) is 48.8 Å². The first-order valence-corrected chi connectivity index (χ1v) is 6.49. The summed E-state index contributed by atoms with van der Waals surface area (Å²) in [5, 5.41) is 16.6. The van der Waals surface area contributed by atoms with Gasteiger partial charge in [0.05, 0.1) is 17.7 Å². The van der Waals surface area contributed by atoms with Crippen molar-refractivity contribution < 1.29 is 9.90 Å². The van der Waals surface area contributed by atoms with Crippen LogP contribution < -0.4 is 0 Å². The van der Waals surface area contributed by atoms with E-state index in [1.807, 2.05) is 4.57 Å². The summed E-state index contributed by atoms with van der Waals surface area (Å²) in [6.07, 6.45) is 4.76. The van der Waals surface area contributed by atoms with Crippen molar-refractivity contribution in [1.82, 2.24) is 24.6 Å². The number of carbonyl (C=O) groups is 1. The van der Waals surface area contributed by atoms with Crippen LogP contribution >= 0.6 is 0 Å². The Bertz CT molecular complexity index is 728. The van der Waals surface area contributed by atoms with Gasteiger partial charge < -0.3 is 14.6 Å². The number of aliphatic hydroxyl groups excluding tert-OH is 1. The fraction of sp³-hybridized carbons (Fsp3) is 0.286. The first-order chi connectivity index (χ1) is 10.3. The Labute approximate surface area is 121 Å². The van der Waals surface area contributed by atoms with Crippen molar-refractivity contribution in [2.75, 3.05) is 13.2 Å². The number of fused-ring (bicyclic) bond motifs is 1. The Kier molecular flexibility index (Phi) is 3.62. The highest BCUT2D eigenvalue weighted by molar-refractivity contribution is 5.96. The SMILES string of the molecule is O=C(c1ccncc1C#CCO)N1CCn2cnnc2C1. The van der Waals surface area contributed by atoms with Crippen molar-refractivity contribution in [3.05, 3.63) is 41.7 Å². The maximum absolute atomic E-state index is 12.6. The molecule has 0 aromatic carbocycles. The standard InChI is InChI=1S/C14H13N5O2/c20-7-1-2-11-8-15-4-3-12(11)14(21)18-5-6-19-10-16-17-13(19)9-18/h3-4,8,10,20H,5-7,9H2. The summed E-state index contributed by atoms with van der Waals surface area (Å²) < 4.78 is 1.93. The van der Waals surface area contributed by atoms with E-state index in [9.17, 15) is 4.79 Å². The number of carbonyl (C=O) groups excluding carboxylic acids is 1. The van der Waals surface area contributed by atoms with Crippen LogP contribution in [0.2, 0.25) is 0 Å². The number of hydrogen-bond acceptors (Lipinski definition) is 5. The van der Waals surface area contributed by atoms with E-state index in [-0.39, 0.29) is 12.5 Å². The highest BCUT2D eigenvalue weighted by Crippen LogP contribution is 2.15. The molecule has 0 saturated carbocycles. The zero-order valence-electron chi connectivity index (χ0n) is 11.2. The third-order valence-corrected chi connectivity index (χ3v) is 3.28. The average Bonchev–Trinajstić information content (AvgIpc) is 3.00. The number of aliphatic hydroxyl groups is 1. The molecule has 1 aliphatic heterocycles. The molecule has 0 fully saturated rings. The van der Waals surface area contributed by atoms with Gasteiger partial charge in [0.2, 0.25) is 0 Å². The Hall–Kier alpha value is -2.72. The molecule has 0 atom stereocenters. The van der Waals surface area contributed by atoms with Crippen LogP contribution in [0.4, 0.5) is 0 Å². The highest BCUT2D eigenvalue weighted by Gasteiger charge is 2.24. The van der Waals surface area contributed by atoms with Gasteiger partial charge in [0, 0.05) is 25.5 Å². The summed E-state index contributed by atoms with van der Waals surface area (Å²) in [7, 11) is 0. The number of pyridine rings is 1. The lowest BCUT2D eigenvalue weighted by Gasteiger charge is -2.27. The van der Waals surface area contributed by atoms with Crippen LogP contribution in [0.15, 0.2) is 24.8 Å². The van der Waals surface area contributed by atoms with E-state index < -0.39 is 0 Å². The van der Waals surface area contributed by atoms with Crippen molar-refractivity contribution in [1.29, 1.82) is 0 Å². The summed E-state index contributed by atoms with van der Waals surface area (Å²) in [5.74, 6) is 5.95. The van der Waals surface area contributed by atoms with E-state index >= 15 is 0 Å². The molecule has 2 aromatic heterocycles. The zero-order valence-corrected chi connectivity index (χ0v) is 11.2. The first kappa shape index (κ1) is 13.3. The van der Waals surface area contributed by atoms with E-state index in [1.54, 1.807) is 23.5 Å². The molecular weight excluding hydrogens is 270 g/mol. The topological polar surface area (TPSA) is 84.1 Å². The largest absolute Gasteiger partial charge is 0.384 e. The van der Waals surface area contributed by atoms with Gasteiger partial charge in [-0.2, -0.15) is 0 Å². The van der Waals surface area contributed by atoms with Gasteiger partial charge in [0.1, 0.15) is 12.9 Å². The predicted octanol–water partition coefficient (Wildman–Crippen LogP) is -0.327. The highest BCUT2D eigenvalue weighted by atomic mass is 16.2. The molecule has 0 bridgehead atoms. The second kappa shape index (κ2) is 5.73. The van der Waals surface area contributed by atoms with E-state index in [4.69, 9.17) is 5.11 Å². The lowest BCUT2D eigenvalue weighted by atomic mass is 10.1. The molecule has 7 nitrogen and oxygen atoms in total. The second-order valence-electron chi connectivity index (χ2n) is 4.55. The fourth-order valence-corrected chi connectivity index (χ4v) is 2.23. The molecule has 0 radical (unpaired) electrons. The lowest BCUT2D eigenvalue weighted by Crippen LogP contribution is -2.38. The molecule has 2 aromatic rings. The second-order valence-corrected chi connectivity index (χ2v) is 4.55. The maximum atomic E-state index is 12.6. The summed E-state index contributed by atoms with van der Waals surface area (Å²) >= 11 is 0. The van der Waals surface area contributed by atoms with Gasteiger partial charge in [-0.15, -0.1) is 10.2 Å². The molecule has 1 N–H and O–H groups in total. The van der Waals surface area contributed by atoms with E-state index in [2.05, 4.69) is 27.0 Å². The molecule has 1 aliphatic rings. The van der Waals surface area contributed by atoms with E-state index in [0.29, 0.717) is 30.8 Å². The number of hydrogen-bond donors (Lipinski definition) is 1. The Balaban J connectivity index is 1.86. The molecular formula is C14H13N5O2. The van der Waals surface area contributed by atoms with E-state index in [0.717, 1.165) is 5.82 Å². The van der Waals surface area contributed by atoms with Crippen molar-refractivity contribution in [2.24, 2.45) is 0 Å². The van der Waals surface area contributed by atoms with Gasteiger partial charge in [0.25, 0.3) is 5.91 Å². The van der Waals surface area contributed by atoms with Gasteiger partial charge in [0.15, 0.2) is 5.82 Å². The summed E-state index contributed by atoms with van der Waals surface area (Å²) in [6.45, 7) is 1.44. The summed E-state index contributed by atoms with van der Waals surface area (Å²) in [6, 6.07) is 1.64. The van der Waals surface area contributed by atoms with Crippen LogP contribution in [-0.2, 0) is 13.1 Å². The summed E-state index contributed by atoms with van der Waals surface area (Å²) in [4.78, 5) is 18.3. The number of amides is 1. The minimum atomic E-state index is -0.255. The van der Waals surface area contributed by atoms with Crippen molar-refractivity contribution in [3.8, 4) is 11.8 Å². The van der Waals surface area contributed by atoms with Crippen molar-refractivity contribution >= 4 is 5.91 Å². The number of aromatic nitrogens is 4. The molecule has 21 heavy (non-hydrogen) atoms. The molecule has 0 saturated heterocycles. The third-order valence-electron chi connectivity index (χ3n) is 3.28. The Morgan fingerprint density at radius 1 is 1.43 bits per heavy atom. The molecule has 0 unspecified atom stereocenters. The van der Waals surface area contributed by atoms with Crippen LogP contribution in [0.1, 0.15) is 21.7 Å². The molecule has 106 valence electrons. The zero-order chi connectivity index (χ0) is 14.7. The quantitative estimate of drug-likeness (QED) is 0.725. The first-order valence-electron chi connectivity index (χ1n) is 6.49. The van der Waals surface area contributed by atoms with Crippen LogP contribution in [0, 0.1) is 11.8 Å². The van der Waals surface area contributed by atoms with Crippen LogP contribution in [0.25, 0.3) is 0 Å². The molecule has 0 spiro atoms. The molecule has 3 heterocycles. The Morgan fingerprint density at radius 2 is 2.33 bits per heavy atom. The van der Waals surface area contributed by atoms with Crippen molar-refractivity contribution in [3.63, 3.8) is 0 Å². The van der Waals surface area contributed by atoms with Gasteiger partial charge in [-0.05, 0) is 6.07 Å². The van der Waals surface area contributed by atoms with Gasteiger partial charge in [-0.3, -0.25) is 9.78 Å². The van der Waals surface area contributed by atoms with Gasteiger partial charge in [-0.25, -0.2) is 0 Å². The predicted molar refractivity (Wildman–Crippen MR) is 73.0 cm³/mol. The maximum Gasteiger partial charge on any atom is 0.255 e. The smallest absolute Gasteiger partial charge is 0.255 e.